The van der Waals surface area contributed by atoms with Gasteiger partial charge in [-0.2, -0.15) is 0 Å². The Morgan fingerprint density at radius 2 is 1.84 bits per heavy atom. The van der Waals surface area contributed by atoms with E-state index in [-0.39, 0.29) is 28.9 Å². The van der Waals surface area contributed by atoms with Crippen molar-refractivity contribution in [3.63, 3.8) is 0 Å². The van der Waals surface area contributed by atoms with Gasteiger partial charge in [0.05, 0.1) is 5.84 Å². The van der Waals surface area contributed by atoms with Gasteiger partial charge in [0.1, 0.15) is 28.3 Å². The number of benzene rings is 2. The number of ether oxygens (including phenoxy) is 1. The maximum Gasteiger partial charge on any atom is 0.244 e. The van der Waals surface area contributed by atoms with E-state index in [0.29, 0.717) is 12.3 Å². The summed E-state index contributed by atoms with van der Waals surface area (Å²) in [5.74, 6) is 0.681. The number of piperidine rings is 1. The van der Waals surface area contributed by atoms with E-state index in [4.69, 9.17) is 21.3 Å². The predicted octanol–water partition coefficient (Wildman–Crippen LogP) is 2.04. The van der Waals surface area contributed by atoms with Gasteiger partial charge in [-0.15, -0.1) is 0 Å². The molecule has 0 saturated carbocycles. The van der Waals surface area contributed by atoms with Gasteiger partial charge in [-0.05, 0) is 49.2 Å². The minimum Gasteiger partial charge on any atom is -0.507 e. The molecule has 2 aromatic carbocycles. The Morgan fingerprint density at radius 1 is 1.19 bits per heavy atom. The molecule has 10 heteroatoms. The van der Waals surface area contributed by atoms with Crippen molar-refractivity contribution in [2.75, 3.05) is 19.6 Å². The number of sulfonamides is 1. The van der Waals surface area contributed by atoms with E-state index in [1.165, 1.54) is 18.2 Å². The van der Waals surface area contributed by atoms with Crippen LogP contribution in [0, 0.1) is 10.8 Å². The molecule has 2 aromatic rings. The van der Waals surface area contributed by atoms with Gasteiger partial charge in [-0.25, -0.2) is 13.1 Å². The molecule has 0 radical (unpaired) electrons. The number of hydrogen-bond donors (Lipinski definition) is 5. The second kappa shape index (κ2) is 10.0. The largest absolute Gasteiger partial charge is 0.507 e. The lowest BCUT2D eigenvalue weighted by Gasteiger charge is -2.32. The topological polar surface area (TPSA) is 153 Å². The molecule has 1 fully saturated rings. The molecule has 0 amide bonds. The lowest BCUT2D eigenvalue weighted by molar-refractivity contribution is 0.130. The van der Waals surface area contributed by atoms with Crippen LogP contribution < -0.4 is 15.2 Å². The lowest BCUT2D eigenvalue weighted by Crippen LogP contribution is -2.40. The molecule has 9 nitrogen and oxygen atoms in total. The quantitative estimate of drug-likeness (QED) is 0.301. The summed E-state index contributed by atoms with van der Waals surface area (Å²) in [5.41, 5.74) is 6.57. The third-order valence-electron chi connectivity index (χ3n) is 5.41. The predicted molar refractivity (Wildman–Crippen MR) is 123 cm³/mol. The number of phenolic OH excluding ortho intramolecular Hbond substituents is 1. The number of amidine groups is 2. The Balaban J connectivity index is 1.52. The molecule has 32 heavy (non-hydrogen) atoms. The zero-order valence-corrected chi connectivity index (χ0v) is 18.8. The molecule has 1 heterocycles. The first-order valence-electron chi connectivity index (χ1n) is 10.4. The second-order valence-corrected chi connectivity index (χ2v) is 9.51. The second-order valence-electron chi connectivity index (χ2n) is 7.78. The Bertz CT molecular complexity index is 1080. The van der Waals surface area contributed by atoms with Crippen LogP contribution in [0.3, 0.4) is 0 Å². The number of nitrogen functional groups attached to an aromatic ring is 1. The fourth-order valence-corrected chi connectivity index (χ4v) is 4.69. The zero-order chi connectivity index (χ0) is 23.3. The van der Waals surface area contributed by atoms with Crippen molar-refractivity contribution in [3.8, 4) is 11.5 Å². The monoisotopic (exact) mass is 459 g/mol. The third-order valence-corrected chi connectivity index (χ3v) is 6.90. The molecule has 6 N–H and O–H groups in total. The van der Waals surface area contributed by atoms with Crippen LogP contribution in [0.4, 0.5) is 0 Å². The first kappa shape index (κ1) is 23.6. The molecule has 0 atom stereocenters. The highest BCUT2D eigenvalue weighted by Gasteiger charge is 2.21. The number of rotatable bonds is 8. The summed E-state index contributed by atoms with van der Waals surface area (Å²) in [6.45, 7) is 3.59. The number of nitrogens with zero attached hydrogens (tertiary/aromatic N) is 1. The van der Waals surface area contributed by atoms with E-state index < -0.39 is 15.8 Å². The smallest absolute Gasteiger partial charge is 0.244 e. The van der Waals surface area contributed by atoms with Crippen LogP contribution in [0.2, 0.25) is 0 Å². The van der Waals surface area contributed by atoms with Crippen molar-refractivity contribution >= 4 is 21.7 Å². The van der Waals surface area contributed by atoms with Gasteiger partial charge < -0.3 is 20.5 Å². The molecular weight excluding hydrogens is 430 g/mol. The van der Waals surface area contributed by atoms with Gasteiger partial charge in [-0.3, -0.25) is 10.8 Å². The number of nitrogens with two attached hydrogens (primary N) is 1. The number of likely N-dealkylation sites (tertiary alicyclic amines) is 1. The van der Waals surface area contributed by atoms with Crippen LogP contribution in [-0.2, 0) is 16.4 Å². The molecule has 0 bridgehead atoms. The Morgan fingerprint density at radius 3 is 2.44 bits per heavy atom. The van der Waals surface area contributed by atoms with Crippen molar-refractivity contribution < 1.29 is 18.3 Å². The van der Waals surface area contributed by atoms with Crippen molar-refractivity contribution in [1.29, 1.82) is 10.8 Å². The van der Waals surface area contributed by atoms with Crippen LogP contribution in [0.25, 0.3) is 0 Å². The third kappa shape index (κ3) is 5.98. The average molecular weight is 460 g/mol. The molecule has 0 aliphatic carbocycles. The Kier molecular flexibility index (Phi) is 7.37. The fourth-order valence-electron chi connectivity index (χ4n) is 3.54. The maximum absolute atomic E-state index is 12.5. The SMILES string of the molecule is CC(=N)N1CCC(Oc2ccc(CCNS(=O)(=O)c3cc(C(=N)N)ccc3O)cc2)CC1. The summed E-state index contributed by atoms with van der Waals surface area (Å²) in [4.78, 5) is 1.73. The highest BCUT2D eigenvalue weighted by molar-refractivity contribution is 7.89. The van der Waals surface area contributed by atoms with Crippen molar-refractivity contribution in [2.45, 2.75) is 37.2 Å². The summed E-state index contributed by atoms with van der Waals surface area (Å²) < 4.78 is 33.6. The van der Waals surface area contributed by atoms with E-state index in [2.05, 4.69) is 4.72 Å². The summed E-state index contributed by atoms with van der Waals surface area (Å²) in [6.07, 6.45) is 2.33. The minimum absolute atomic E-state index is 0.127. The first-order valence-corrected chi connectivity index (χ1v) is 11.9. The Labute approximate surface area is 188 Å². The molecule has 172 valence electrons. The molecule has 1 aliphatic heterocycles. The number of nitrogens with one attached hydrogen (secondary N) is 3. The number of aromatic hydroxyl groups is 1. The molecule has 0 unspecified atom stereocenters. The molecular formula is C22H29N5O4S. The van der Waals surface area contributed by atoms with E-state index >= 15 is 0 Å². The summed E-state index contributed by atoms with van der Waals surface area (Å²) >= 11 is 0. The van der Waals surface area contributed by atoms with Crippen LogP contribution >= 0.6 is 0 Å². The standard InChI is InChI=1S/C22H29N5O4S/c1-15(23)27-12-9-19(10-13-27)31-18-5-2-16(3-6-18)8-11-26-32(29,30)21-14-17(22(24)25)4-7-20(21)28/h2-7,14,19,23,26,28H,8-13H2,1H3,(H3,24,25). The summed E-state index contributed by atoms with van der Waals surface area (Å²) in [6, 6.07) is 11.3. The van der Waals surface area contributed by atoms with Crippen molar-refractivity contribution in [2.24, 2.45) is 5.73 Å². The molecule has 1 aliphatic rings. The highest BCUT2D eigenvalue weighted by atomic mass is 32.2. The number of hydrogen-bond acceptors (Lipinski definition) is 6. The van der Waals surface area contributed by atoms with Crippen molar-refractivity contribution in [3.05, 3.63) is 53.6 Å². The van der Waals surface area contributed by atoms with Crippen LogP contribution in [0.1, 0.15) is 30.9 Å². The average Bonchev–Trinajstić information content (AvgIpc) is 2.75. The van der Waals surface area contributed by atoms with Crippen LogP contribution in [0.15, 0.2) is 47.4 Å². The van der Waals surface area contributed by atoms with Gasteiger partial charge in [0.2, 0.25) is 10.0 Å². The van der Waals surface area contributed by atoms with Crippen LogP contribution in [-0.4, -0.2) is 55.8 Å². The Hall–Kier alpha value is -3.11. The summed E-state index contributed by atoms with van der Waals surface area (Å²) in [7, 11) is -3.95. The van der Waals surface area contributed by atoms with E-state index in [1.807, 2.05) is 29.2 Å². The highest BCUT2D eigenvalue weighted by Crippen LogP contribution is 2.24. The van der Waals surface area contributed by atoms with E-state index in [9.17, 15) is 13.5 Å². The molecule has 0 spiro atoms. The van der Waals surface area contributed by atoms with Gasteiger partial charge in [0.15, 0.2) is 0 Å². The number of phenols is 1. The van der Waals surface area contributed by atoms with Crippen molar-refractivity contribution in [1.82, 2.24) is 9.62 Å². The van der Waals surface area contributed by atoms with Gasteiger partial charge in [0, 0.05) is 38.0 Å². The van der Waals surface area contributed by atoms with Crippen LogP contribution in [0.5, 0.6) is 11.5 Å². The van der Waals surface area contributed by atoms with Gasteiger partial charge >= 0.3 is 0 Å². The fraction of sp³-hybridized carbons (Fsp3) is 0.364. The summed E-state index contributed by atoms with van der Waals surface area (Å²) in [5, 5.41) is 25.1. The molecule has 1 saturated heterocycles. The lowest BCUT2D eigenvalue weighted by atomic mass is 10.1. The molecule has 0 aromatic heterocycles. The maximum atomic E-state index is 12.5. The van der Waals surface area contributed by atoms with Gasteiger partial charge in [-0.1, -0.05) is 12.1 Å². The van der Waals surface area contributed by atoms with Gasteiger partial charge in [0.25, 0.3) is 0 Å². The first-order chi connectivity index (χ1) is 15.2. The van der Waals surface area contributed by atoms with E-state index in [0.717, 1.165) is 37.2 Å². The minimum atomic E-state index is -3.95. The zero-order valence-electron chi connectivity index (χ0n) is 18.0. The van der Waals surface area contributed by atoms with E-state index in [1.54, 1.807) is 6.92 Å². The molecule has 3 rings (SSSR count). The normalized spacial score (nSPS) is 14.8.